The van der Waals surface area contributed by atoms with Crippen LogP contribution in [0.1, 0.15) is 10.5 Å². The number of aldehydes is 1. The van der Waals surface area contributed by atoms with Gasteiger partial charge in [-0.3, -0.25) is 4.79 Å². The highest BCUT2D eigenvalue weighted by Crippen LogP contribution is 2.21. The topological polar surface area (TPSA) is 30.0 Å². The summed E-state index contributed by atoms with van der Waals surface area (Å²) in [6, 6.07) is 9.32. The number of carbonyl (C=O) groups is 1. The molecule has 1 aromatic carbocycles. The molecule has 2 rings (SSSR count). The molecule has 13 heavy (non-hydrogen) atoms. The Morgan fingerprint density at radius 1 is 1.23 bits per heavy atom. The maximum atomic E-state index is 10.5. The molecule has 0 aliphatic heterocycles. The van der Waals surface area contributed by atoms with E-state index in [0.717, 1.165) is 21.7 Å². The molecular weight excluding hydrogens is 230 g/mol. The van der Waals surface area contributed by atoms with Crippen molar-refractivity contribution in [1.29, 1.82) is 0 Å². The standard InChI is InChI=1S/C10H6BrNO/c11-9-2-1-3-10-8(9)5-4-7(6-13)12-10/h1-6H. The highest BCUT2D eigenvalue weighted by atomic mass is 79.9. The van der Waals surface area contributed by atoms with Crippen molar-refractivity contribution in [2.75, 3.05) is 0 Å². The minimum Gasteiger partial charge on any atom is -0.296 e. The summed E-state index contributed by atoms with van der Waals surface area (Å²) in [5, 5.41) is 1.02. The SMILES string of the molecule is O=Cc1ccc2c(Br)cccc2n1. The van der Waals surface area contributed by atoms with Crippen molar-refractivity contribution >= 4 is 33.1 Å². The maximum Gasteiger partial charge on any atom is 0.168 e. The number of nitrogens with zero attached hydrogens (tertiary/aromatic N) is 1. The fraction of sp³-hybridized carbons (Fsp3) is 0. The Balaban J connectivity index is 2.79. The Morgan fingerprint density at radius 3 is 2.85 bits per heavy atom. The van der Waals surface area contributed by atoms with Crippen LogP contribution in [-0.2, 0) is 0 Å². The van der Waals surface area contributed by atoms with Crippen LogP contribution < -0.4 is 0 Å². The lowest BCUT2D eigenvalue weighted by Crippen LogP contribution is -1.87. The summed E-state index contributed by atoms with van der Waals surface area (Å²) in [4.78, 5) is 14.6. The molecule has 0 aliphatic rings. The Kier molecular flexibility index (Phi) is 2.10. The molecule has 0 atom stereocenters. The van der Waals surface area contributed by atoms with Crippen molar-refractivity contribution in [2.45, 2.75) is 0 Å². The zero-order valence-electron chi connectivity index (χ0n) is 6.70. The predicted molar refractivity (Wildman–Crippen MR) is 54.8 cm³/mol. The van der Waals surface area contributed by atoms with Crippen LogP contribution in [-0.4, -0.2) is 11.3 Å². The van der Waals surface area contributed by atoms with Crippen LogP contribution in [0.15, 0.2) is 34.8 Å². The number of carbonyl (C=O) groups excluding carboxylic acids is 1. The second kappa shape index (κ2) is 3.26. The maximum absolute atomic E-state index is 10.5. The lowest BCUT2D eigenvalue weighted by Gasteiger charge is -1.99. The summed E-state index contributed by atoms with van der Waals surface area (Å²) in [5.74, 6) is 0. The van der Waals surface area contributed by atoms with Gasteiger partial charge in [0.2, 0.25) is 0 Å². The first-order valence-corrected chi connectivity index (χ1v) is 4.61. The van der Waals surface area contributed by atoms with Crippen molar-refractivity contribution < 1.29 is 4.79 Å². The molecule has 0 amide bonds. The molecule has 3 heteroatoms. The third kappa shape index (κ3) is 1.47. The third-order valence-corrected chi connectivity index (χ3v) is 2.51. The smallest absolute Gasteiger partial charge is 0.168 e. The number of rotatable bonds is 1. The average molecular weight is 236 g/mol. The van der Waals surface area contributed by atoms with Gasteiger partial charge in [0.25, 0.3) is 0 Å². The third-order valence-electron chi connectivity index (χ3n) is 1.82. The van der Waals surface area contributed by atoms with E-state index < -0.39 is 0 Å². The number of hydrogen-bond acceptors (Lipinski definition) is 2. The van der Waals surface area contributed by atoms with Gasteiger partial charge in [-0.25, -0.2) is 4.98 Å². The fourth-order valence-electron chi connectivity index (χ4n) is 1.20. The molecular formula is C10H6BrNO. The largest absolute Gasteiger partial charge is 0.296 e. The molecule has 0 spiro atoms. The molecule has 0 N–H and O–H groups in total. The van der Waals surface area contributed by atoms with E-state index in [1.54, 1.807) is 6.07 Å². The van der Waals surface area contributed by atoms with E-state index in [4.69, 9.17) is 0 Å². The molecule has 0 saturated carbocycles. The summed E-state index contributed by atoms with van der Waals surface area (Å²) >= 11 is 3.41. The lowest BCUT2D eigenvalue weighted by molar-refractivity contribution is 0.111. The quantitative estimate of drug-likeness (QED) is 0.712. The van der Waals surface area contributed by atoms with Gasteiger partial charge in [-0.1, -0.05) is 22.0 Å². The number of benzene rings is 1. The first-order valence-electron chi connectivity index (χ1n) is 3.82. The van der Waals surface area contributed by atoms with Gasteiger partial charge in [-0.15, -0.1) is 0 Å². The van der Waals surface area contributed by atoms with Crippen LogP contribution in [0.4, 0.5) is 0 Å². The van der Waals surface area contributed by atoms with Gasteiger partial charge < -0.3 is 0 Å². The number of aromatic nitrogens is 1. The lowest BCUT2D eigenvalue weighted by atomic mass is 10.2. The summed E-state index contributed by atoms with van der Waals surface area (Å²) in [6.45, 7) is 0. The summed E-state index contributed by atoms with van der Waals surface area (Å²) in [6.07, 6.45) is 0.750. The molecule has 0 saturated heterocycles. The molecule has 0 bridgehead atoms. The number of pyridine rings is 1. The van der Waals surface area contributed by atoms with Gasteiger partial charge in [0, 0.05) is 9.86 Å². The molecule has 1 heterocycles. The first kappa shape index (κ1) is 8.38. The second-order valence-corrected chi connectivity index (χ2v) is 3.51. The highest BCUT2D eigenvalue weighted by molar-refractivity contribution is 9.10. The van der Waals surface area contributed by atoms with Gasteiger partial charge in [-0.05, 0) is 24.3 Å². The van der Waals surface area contributed by atoms with Crippen LogP contribution >= 0.6 is 15.9 Å². The van der Waals surface area contributed by atoms with Crippen LogP contribution in [0.5, 0.6) is 0 Å². The zero-order chi connectivity index (χ0) is 9.26. The molecule has 1 aromatic heterocycles. The highest BCUT2D eigenvalue weighted by Gasteiger charge is 1.99. The molecule has 2 aromatic rings. The molecule has 0 aliphatic carbocycles. The van der Waals surface area contributed by atoms with E-state index in [9.17, 15) is 4.79 Å². The molecule has 64 valence electrons. The normalized spacial score (nSPS) is 10.2. The van der Waals surface area contributed by atoms with E-state index in [-0.39, 0.29) is 0 Å². The minimum atomic E-state index is 0.464. The monoisotopic (exact) mass is 235 g/mol. The Hall–Kier alpha value is -1.22. The second-order valence-electron chi connectivity index (χ2n) is 2.66. The summed E-state index contributed by atoms with van der Waals surface area (Å²) in [5.41, 5.74) is 1.30. The number of hydrogen-bond donors (Lipinski definition) is 0. The van der Waals surface area contributed by atoms with Crippen molar-refractivity contribution in [3.8, 4) is 0 Å². The van der Waals surface area contributed by atoms with E-state index in [0.29, 0.717) is 5.69 Å². The molecule has 2 nitrogen and oxygen atoms in total. The first-order chi connectivity index (χ1) is 6.31. The molecule has 0 fully saturated rings. The molecule has 0 radical (unpaired) electrons. The van der Waals surface area contributed by atoms with E-state index in [1.165, 1.54) is 0 Å². The van der Waals surface area contributed by atoms with Gasteiger partial charge in [-0.2, -0.15) is 0 Å². The Labute approximate surface area is 83.7 Å². The van der Waals surface area contributed by atoms with E-state index in [1.807, 2.05) is 24.3 Å². The van der Waals surface area contributed by atoms with Gasteiger partial charge in [0.1, 0.15) is 5.69 Å². The van der Waals surface area contributed by atoms with E-state index in [2.05, 4.69) is 20.9 Å². The van der Waals surface area contributed by atoms with Crippen molar-refractivity contribution in [3.63, 3.8) is 0 Å². The zero-order valence-corrected chi connectivity index (χ0v) is 8.28. The summed E-state index contributed by atoms with van der Waals surface area (Å²) in [7, 11) is 0. The predicted octanol–water partition coefficient (Wildman–Crippen LogP) is 2.81. The number of halogens is 1. The van der Waals surface area contributed by atoms with E-state index >= 15 is 0 Å². The van der Waals surface area contributed by atoms with Crippen molar-refractivity contribution in [2.24, 2.45) is 0 Å². The number of fused-ring (bicyclic) bond motifs is 1. The van der Waals surface area contributed by atoms with Crippen LogP contribution in [0.25, 0.3) is 10.9 Å². The van der Waals surface area contributed by atoms with Crippen molar-refractivity contribution in [3.05, 3.63) is 40.5 Å². The van der Waals surface area contributed by atoms with Crippen LogP contribution in [0, 0.1) is 0 Å². The van der Waals surface area contributed by atoms with Crippen molar-refractivity contribution in [1.82, 2.24) is 4.98 Å². The molecule has 0 unspecified atom stereocenters. The van der Waals surface area contributed by atoms with Gasteiger partial charge in [0.15, 0.2) is 6.29 Å². The average Bonchev–Trinajstić information content (AvgIpc) is 2.18. The fourth-order valence-corrected chi connectivity index (χ4v) is 1.69. The van der Waals surface area contributed by atoms with Crippen LogP contribution in [0.3, 0.4) is 0 Å². The minimum absolute atomic E-state index is 0.464. The Bertz CT molecular complexity index is 467. The van der Waals surface area contributed by atoms with Gasteiger partial charge >= 0.3 is 0 Å². The summed E-state index contributed by atoms with van der Waals surface area (Å²) < 4.78 is 0.995. The Morgan fingerprint density at radius 2 is 2.08 bits per heavy atom. The van der Waals surface area contributed by atoms with Crippen LogP contribution in [0.2, 0.25) is 0 Å². The van der Waals surface area contributed by atoms with Gasteiger partial charge in [0.05, 0.1) is 5.52 Å².